The first-order valence-corrected chi connectivity index (χ1v) is 7.92. The molecular formula is C15H20N2O2S. The molecule has 0 bridgehead atoms. The van der Waals surface area contributed by atoms with Gasteiger partial charge in [0.05, 0.1) is 11.4 Å². The molecule has 1 aromatic carbocycles. The zero-order valence-electron chi connectivity index (χ0n) is 12.0. The quantitative estimate of drug-likeness (QED) is 0.754. The molecule has 0 aromatic heterocycles. The van der Waals surface area contributed by atoms with E-state index in [2.05, 4.69) is 18.7 Å². The first-order valence-electron chi connectivity index (χ1n) is 6.94. The topological polar surface area (TPSA) is 40.6 Å². The minimum atomic E-state index is 0.147. The Morgan fingerprint density at radius 2 is 2.10 bits per heavy atom. The number of hydrogen-bond donors (Lipinski definition) is 0. The molecule has 0 aliphatic carbocycles. The van der Waals surface area contributed by atoms with Crippen molar-refractivity contribution in [3.63, 3.8) is 0 Å². The lowest BCUT2D eigenvalue weighted by Gasteiger charge is -2.31. The van der Waals surface area contributed by atoms with Crippen LogP contribution in [0, 0.1) is 0 Å². The molecule has 4 nitrogen and oxygen atoms in total. The van der Waals surface area contributed by atoms with E-state index in [1.807, 2.05) is 17.0 Å². The van der Waals surface area contributed by atoms with Crippen LogP contribution in [0.4, 0.5) is 5.69 Å². The lowest BCUT2D eigenvalue weighted by molar-refractivity contribution is -0.116. The first kappa shape index (κ1) is 15.1. The van der Waals surface area contributed by atoms with Crippen LogP contribution < -0.4 is 4.90 Å². The zero-order chi connectivity index (χ0) is 14.5. The van der Waals surface area contributed by atoms with Gasteiger partial charge in [0.25, 0.3) is 0 Å². The van der Waals surface area contributed by atoms with Gasteiger partial charge in [0.15, 0.2) is 0 Å². The average molecular weight is 292 g/mol. The molecule has 0 N–H and O–H groups in total. The van der Waals surface area contributed by atoms with Gasteiger partial charge in [-0.15, -0.1) is 11.8 Å². The maximum Gasteiger partial charge on any atom is 0.237 e. The molecule has 0 atom stereocenters. The Balaban J connectivity index is 2.17. The standard InChI is InChI=1S/C15H20N2O2S/c1-3-16(4-2)7-8-17-13-6-5-12(10-18)9-14(13)20-11-15(17)19/h5-6,9-10H,3-4,7-8,11H2,1-2H3. The summed E-state index contributed by atoms with van der Waals surface area (Å²) in [6, 6.07) is 5.52. The van der Waals surface area contributed by atoms with Crippen molar-refractivity contribution in [1.29, 1.82) is 0 Å². The highest BCUT2D eigenvalue weighted by molar-refractivity contribution is 8.00. The summed E-state index contributed by atoms with van der Waals surface area (Å²) in [6.07, 6.45) is 0.845. The summed E-state index contributed by atoms with van der Waals surface area (Å²) < 4.78 is 0. The molecule has 2 rings (SSSR count). The summed E-state index contributed by atoms with van der Waals surface area (Å²) in [5.74, 6) is 0.599. The largest absolute Gasteiger partial charge is 0.309 e. The summed E-state index contributed by atoms with van der Waals surface area (Å²) in [4.78, 5) is 28.1. The maximum atomic E-state index is 12.1. The van der Waals surface area contributed by atoms with Crippen LogP contribution in [-0.4, -0.2) is 49.0 Å². The van der Waals surface area contributed by atoms with Crippen molar-refractivity contribution in [1.82, 2.24) is 4.90 Å². The fourth-order valence-corrected chi connectivity index (χ4v) is 3.30. The van der Waals surface area contributed by atoms with Crippen molar-refractivity contribution in [2.75, 3.05) is 36.8 Å². The number of anilines is 1. The van der Waals surface area contributed by atoms with Crippen molar-refractivity contribution in [2.45, 2.75) is 18.7 Å². The number of likely N-dealkylation sites (N-methyl/N-ethyl adjacent to an activating group) is 1. The highest BCUT2D eigenvalue weighted by Crippen LogP contribution is 2.35. The molecule has 0 radical (unpaired) electrons. The molecule has 1 amide bonds. The predicted molar refractivity (Wildman–Crippen MR) is 82.7 cm³/mol. The molecule has 0 fully saturated rings. The first-order chi connectivity index (χ1) is 9.69. The Kier molecular flexibility index (Phi) is 5.20. The van der Waals surface area contributed by atoms with Crippen LogP contribution in [0.15, 0.2) is 23.1 Å². The maximum absolute atomic E-state index is 12.1. The number of benzene rings is 1. The fourth-order valence-electron chi connectivity index (χ4n) is 2.32. The van der Waals surface area contributed by atoms with E-state index in [4.69, 9.17) is 0 Å². The number of rotatable bonds is 6. The van der Waals surface area contributed by atoms with Gasteiger partial charge < -0.3 is 9.80 Å². The lowest BCUT2D eigenvalue weighted by Crippen LogP contribution is -2.41. The molecule has 108 valence electrons. The summed E-state index contributed by atoms with van der Waals surface area (Å²) in [7, 11) is 0. The summed E-state index contributed by atoms with van der Waals surface area (Å²) in [5, 5.41) is 0. The SMILES string of the molecule is CCN(CC)CCN1C(=O)CSc2cc(C=O)ccc21. The van der Waals surface area contributed by atoms with Crippen molar-refractivity contribution < 1.29 is 9.59 Å². The van der Waals surface area contributed by atoms with E-state index in [0.717, 1.165) is 36.5 Å². The number of amides is 1. The molecule has 0 unspecified atom stereocenters. The molecule has 1 aliphatic heterocycles. The van der Waals surface area contributed by atoms with Crippen molar-refractivity contribution in [2.24, 2.45) is 0 Å². The Morgan fingerprint density at radius 3 is 2.75 bits per heavy atom. The summed E-state index contributed by atoms with van der Waals surface area (Å²) >= 11 is 1.51. The highest BCUT2D eigenvalue weighted by atomic mass is 32.2. The van der Waals surface area contributed by atoms with Gasteiger partial charge in [-0.2, -0.15) is 0 Å². The minimum absolute atomic E-state index is 0.147. The number of carbonyl (C=O) groups excluding carboxylic acids is 2. The fraction of sp³-hybridized carbons (Fsp3) is 0.467. The van der Waals surface area contributed by atoms with E-state index in [-0.39, 0.29) is 5.91 Å². The van der Waals surface area contributed by atoms with Crippen molar-refractivity contribution >= 4 is 29.6 Å². The lowest BCUT2D eigenvalue weighted by atomic mass is 10.2. The zero-order valence-corrected chi connectivity index (χ0v) is 12.8. The second kappa shape index (κ2) is 6.90. The van der Waals surface area contributed by atoms with Gasteiger partial charge in [0.2, 0.25) is 5.91 Å². The van der Waals surface area contributed by atoms with Crippen molar-refractivity contribution in [3.05, 3.63) is 23.8 Å². The Morgan fingerprint density at radius 1 is 1.35 bits per heavy atom. The molecule has 1 aliphatic rings. The normalized spacial score (nSPS) is 14.6. The average Bonchev–Trinajstić information content (AvgIpc) is 2.49. The Bertz CT molecular complexity index is 501. The van der Waals surface area contributed by atoms with Gasteiger partial charge in [0.1, 0.15) is 6.29 Å². The van der Waals surface area contributed by atoms with Crippen LogP contribution in [0.3, 0.4) is 0 Å². The molecule has 20 heavy (non-hydrogen) atoms. The van der Waals surface area contributed by atoms with Crippen LogP contribution in [0.1, 0.15) is 24.2 Å². The smallest absolute Gasteiger partial charge is 0.237 e. The molecule has 0 saturated carbocycles. The molecule has 1 heterocycles. The van der Waals surface area contributed by atoms with E-state index in [9.17, 15) is 9.59 Å². The molecule has 5 heteroatoms. The van der Waals surface area contributed by atoms with Crippen molar-refractivity contribution in [3.8, 4) is 0 Å². The molecule has 0 spiro atoms. The number of thioether (sulfide) groups is 1. The third-order valence-electron chi connectivity index (χ3n) is 3.60. The second-order valence-electron chi connectivity index (χ2n) is 4.71. The number of nitrogens with zero attached hydrogens (tertiary/aromatic N) is 2. The van der Waals surface area contributed by atoms with Gasteiger partial charge in [-0.3, -0.25) is 9.59 Å². The predicted octanol–water partition coefficient (Wildman–Crippen LogP) is 2.28. The van der Waals surface area contributed by atoms with Crippen LogP contribution in [0.25, 0.3) is 0 Å². The van der Waals surface area contributed by atoms with Gasteiger partial charge in [-0.05, 0) is 31.3 Å². The third kappa shape index (κ3) is 3.22. The monoisotopic (exact) mass is 292 g/mol. The van der Waals surface area contributed by atoms with Crippen LogP contribution in [-0.2, 0) is 4.79 Å². The van der Waals surface area contributed by atoms with Gasteiger partial charge in [-0.1, -0.05) is 13.8 Å². The van der Waals surface area contributed by atoms with E-state index in [1.165, 1.54) is 11.8 Å². The number of carbonyl (C=O) groups is 2. The number of hydrogen-bond acceptors (Lipinski definition) is 4. The van der Waals surface area contributed by atoms with E-state index >= 15 is 0 Å². The summed E-state index contributed by atoms with van der Waals surface area (Å²) in [6.45, 7) is 7.81. The molecule has 1 aromatic rings. The summed E-state index contributed by atoms with van der Waals surface area (Å²) in [5.41, 5.74) is 1.60. The van der Waals surface area contributed by atoms with Gasteiger partial charge >= 0.3 is 0 Å². The number of aldehydes is 1. The van der Waals surface area contributed by atoms with E-state index in [0.29, 0.717) is 17.9 Å². The Labute approximate surface area is 124 Å². The third-order valence-corrected chi connectivity index (χ3v) is 4.63. The minimum Gasteiger partial charge on any atom is -0.309 e. The molecular weight excluding hydrogens is 272 g/mol. The van der Waals surface area contributed by atoms with Gasteiger partial charge in [-0.25, -0.2) is 0 Å². The number of fused-ring (bicyclic) bond motifs is 1. The second-order valence-corrected chi connectivity index (χ2v) is 5.72. The van der Waals surface area contributed by atoms with Crippen LogP contribution in [0.2, 0.25) is 0 Å². The highest BCUT2D eigenvalue weighted by Gasteiger charge is 2.24. The Hall–Kier alpha value is -1.33. The van der Waals surface area contributed by atoms with E-state index in [1.54, 1.807) is 6.07 Å². The van der Waals surface area contributed by atoms with Crippen LogP contribution in [0.5, 0.6) is 0 Å². The van der Waals surface area contributed by atoms with Crippen LogP contribution >= 0.6 is 11.8 Å². The molecule has 0 saturated heterocycles. The van der Waals surface area contributed by atoms with Gasteiger partial charge in [0, 0.05) is 23.5 Å². The van der Waals surface area contributed by atoms with E-state index < -0.39 is 0 Å².